The Labute approximate surface area is 93.6 Å². The minimum Gasteiger partial charge on any atom is -0.330 e. The highest BCUT2D eigenvalue weighted by molar-refractivity contribution is 7.78. The first-order chi connectivity index (χ1) is 6.50. The van der Waals surface area contributed by atoms with E-state index in [2.05, 4.69) is 38.3 Å². The summed E-state index contributed by atoms with van der Waals surface area (Å²) in [5.41, 5.74) is 0. The van der Waals surface area contributed by atoms with Gasteiger partial charge in [0.1, 0.15) is 0 Å². The SMILES string of the molecule is C#CCCOP(Cl)N(C(C)C)C(C)C. The number of hydrogen-bond donors (Lipinski definition) is 0. The van der Waals surface area contributed by atoms with Gasteiger partial charge >= 0.3 is 0 Å². The summed E-state index contributed by atoms with van der Waals surface area (Å²) in [5.74, 6) is 2.53. The van der Waals surface area contributed by atoms with Gasteiger partial charge in [0.25, 0.3) is 0 Å². The number of nitrogens with zero attached hydrogens (tertiary/aromatic N) is 1. The minimum absolute atomic E-state index is 0.393. The van der Waals surface area contributed by atoms with Gasteiger partial charge < -0.3 is 4.52 Å². The van der Waals surface area contributed by atoms with Crippen LogP contribution in [0.25, 0.3) is 0 Å². The number of halogens is 1. The first-order valence-electron chi connectivity index (χ1n) is 4.81. The lowest BCUT2D eigenvalue weighted by atomic mass is 10.3. The van der Waals surface area contributed by atoms with Crippen molar-refractivity contribution in [1.82, 2.24) is 4.67 Å². The van der Waals surface area contributed by atoms with E-state index in [9.17, 15) is 0 Å². The van der Waals surface area contributed by atoms with Crippen LogP contribution in [0.1, 0.15) is 34.1 Å². The van der Waals surface area contributed by atoms with E-state index < -0.39 is 7.65 Å². The molecule has 14 heavy (non-hydrogen) atoms. The van der Waals surface area contributed by atoms with E-state index in [1.54, 1.807) is 0 Å². The first kappa shape index (κ1) is 14.2. The van der Waals surface area contributed by atoms with Gasteiger partial charge in [0, 0.05) is 18.5 Å². The molecule has 4 heteroatoms. The van der Waals surface area contributed by atoms with Crippen molar-refractivity contribution in [2.75, 3.05) is 6.61 Å². The molecule has 0 N–H and O–H groups in total. The maximum atomic E-state index is 6.17. The lowest BCUT2D eigenvalue weighted by Gasteiger charge is -2.32. The molecule has 0 aromatic rings. The second kappa shape index (κ2) is 7.49. The standard InChI is InChI=1S/C10H19ClNOP/c1-6-7-8-13-14(11)12(9(2)3)10(4)5/h1,9-10H,7-8H2,2-5H3. The summed E-state index contributed by atoms with van der Waals surface area (Å²) < 4.78 is 7.64. The fourth-order valence-electron chi connectivity index (χ4n) is 1.21. The number of terminal acetylenes is 1. The molecule has 0 amide bonds. The van der Waals surface area contributed by atoms with Crippen molar-refractivity contribution in [3.05, 3.63) is 0 Å². The molecule has 0 radical (unpaired) electrons. The summed E-state index contributed by atoms with van der Waals surface area (Å²) in [7, 11) is -1.02. The Morgan fingerprint density at radius 1 is 1.36 bits per heavy atom. The van der Waals surface area contributed by atoms with Gasteiger partial charge in [0.15, 0.2) is 0 Å². The molecule has 0 spiro atoms. The van der Waals surface area contributed by atoms with Crippen molar-refractivity contribution in [3.63, 3.8) is 0 Å². The monoisotopic (exact) mass is 235 g/mol. The highest BCUT2D eigenvalue weighted by Gasteiger charge is 2.23. The van der Waals surface area contributed by atoms with Crippen molar-refractivity contribution in [2.24, 2.45) is 0 Å². The lowest BCUT2D eigenvalue weighted by molar-refractivity contribution is 0.266. The van der Waals surface area contributed by atoms with Crippen LogP contribution in [0.3, 0.4) is 0 Å². The second-order valence-corrected chi connectivity index (χ2v) is 5.62. The topological polar surface area (TPSA) is 12.5 Å². The molecule has 1 atom stereocenters. The Balaban J connectivity index is 4.03. The predicted octanol–water partition coefficient (Wildman–Crippen LogP) is 3.61. The van der Waals surface area contributed by atoms with E-state index in [4.69, 9.17) is 22.2 Å². The first-order valence-corrected chi connectivity index (χ1v) is 6.93. The Morgan fingerprint density at radius 3 is 2.21 bits per heavy atom. The lowest BCUT2D eigenvalue weighted by Crippen LogP contribution is -2.31. The van der Waals surface area contributed by atoms with Crippen LogP contribution in [0.4, 0.5) is 0 Å². The van der Waals surface area contributed by atoms with Gasteiger partial charge in [0.05, 0.1) is 6.61 Å². The molecule has 0 aromatic carbocycles. The third-order valence-corrected chi connectivity index (χ3v) is 4.18. The summed E-state index contributed by atoms with van der Waals surface area (Å²) in [5, 5.41) is 0. The maximum Gasteiger partial charge on any atom is 0.207 e. The van der Waals surface area contributed by atoms with Crippen LogP contribution in [0, 0.1) is 12.3 Å². The third kappa shape index (κ3) is 5.17. The molecule has 0 heterocycles. The summed E-state index contributed by atoms with van der Waals surface area (Å²) in [6.07, 6.45) is 5.75. The smallest absolute Gasteiger partial charge is 0.207 e. The van der Waals surface area contributed by atoms with Crippen LogP contribution < -0.4 is 0 Å². The molecule has 0 rings (SSSR count). The summed E-state index contributed by atoms with van der Waals surface area (Å²) in [6, 6.07) is 0.786. The van der Waals surface area contributed by atoms with Crippen molar-refractivity contribution >= 4 is 18.9 Å². The number of rotatable bonds is 6. The summed E-state index contributed by atoms with van der Waals surface area (Å²) in [4.78, 5) is 0. The van der Waals surface area contributed by atoms with Crippen molar-refractivity contribution in [2.45, 2.75) is 46.2 Å². The maximum absolute atomic E-state index is 6.17. The van der Waals surface area contributed by atoms with E-state index in [-0.39, 0.29) is 0 Å². The Hall–Kier alpha value is 0.200. The van der Waals surface area contributed by atoms with E-state index >= 15 is 0 Å². The van der Waals surface area contributed by atoms with Gasteiger partial charge in [-0.3, -0.25) is 0 Å². The Morgan fingerprint density at radius 2 is 1.86 bits per heavy atom. The fraction of sp³-hybridized carbons (Fsp3) is 0.800. The van der Waals surface area contributed by atoms with Crippen molar-refractivity contribution in [1.29, 1.82) is 0 Å². The van der Waals surface area contributed by atoms with Crippen LogP contribution in [0.15, 0.2) is 0 Å². The third-order valence-electron chi connectivity index (χ3n) is 1.68. The van der Waals surface area contributed by atoms with E-state index in [1.165, 1.54) is 0 Å². The van der Waals surface area contributed by atoms with Gasteiger partial charge in [-0.25, -0.2) is 4.67 Å². The molecule has 0 fully saturated rings. The molecule has 82 valence electrons. The van der Waals surface area contributed by atoms with E-state index in [1.807, 2.05) is 0 Å². The zero-order valence-electron chi connectivity index (χ0n) is 9.33. The van der Waals surface area contributed by atoms with Crippen LogP contribution in [0.2, 0.25) is 0 Å². The van der Waals surface area contributed by atoms with Gasteiger partial charge in [0.2, 0.25) is 7.65 Å². The average Bonchev–Trinajstić information content (AvgIpc) is 2.03. The Kier molecular flexibility index (Phi) is 7.59. The predicted molar refractivity (Wildman–Crippen MR) is 64.3 cm³/mol. The molecule has 0 saturated heterocycles. The van der Waals surface area contributed by atoms with Gasteiger partial charge in [-0.1, -0.05) is 0 Å². The molecule has 1 unspecified atom stereocenters. The van der Waals surface area contributed by atoms with E-state index in [0.29, 0.717) is 25.1 Å². The highest BCUT2D eigenvalue weighted by Crippen LogP contribution is 2.49. The molecule has 0 saturated carbocycles. The van der Waals surface area contributed by atoms with Crippen molar-refractivity contribution in [3.8, 4) is 12.3 Å². The molecule has 0 aliphatic rings. The molecule has 0 aromatic heterocycles. The summed E-state index contributed by atoms with van der Waals surface area (Å²) in [6.45, 7) is 9.00. The zero-order chi connectivity index (χ0) is 11.1. The second-order valence-electron chi connectivity index (χ2n) is 3.58. The molecule has 0 bridgehead atoms. The van der Waals surface area contributed by atoms with Crippen LogP contribution in [0.5, 0.6) is 0 Å². The number of hydrogen-bond acceptors (Lipinski definition) is 2. The zero-order valence-corrected chi connectivity index (χ0v) is 11.0. The van der Waals surface area contributed by atoms with Gasteiger partial charge in [-0.15, -0.1) is 12.3 Å². The van der Waals surface area contributed by atoms with E-state index in [0.717, 1.165) is 0 Å². The van der Waals surface area contributed by atoms with Crippen LogP contribution in [-0.2, 0) is 4.52 Å². The highest BCUT2D eigenvalue weighted by atomic mass is 35.7. The largest absolute Gasteiger partial charge is 0.330 e. The normalized spacial score (nSPS) is 13.6. The molecular formula is C10H19ClNOP. The molecule has 0 aliphatic carbocycles. The van der Waals surface area contributed by atoms with Gasteiger partial charge in [-0.05, 0) is 38.9 Å². The fourth-order valence-corrected chi connectivity index (χ4v) is 3.56. The van der Waals surface area contributed by atoms with Crippen LogP contribution >= 0.6 is 18.9 Å². The van der Waals surface area contributed by atoms with Gasteiger partial charge in [-0.2, -0.15) is 0 Å². The molecular weight excluding hydrogens is 217 g/mol. The summed E-state index contributed by atoms with van der Waals surface area (Å²) >= 11 is 6.17. The quantitative estimate of drug-likeness (QED) is 0.396. The van der Waals surface area contributed by atoms with Crippen molar-refractivity contribution < 1.29 is 4.52 Å². The van der Waals surface area contributed by atoms with Crippen LogP contribution in [-0.4, -0.2) is 23.4 Å². The average molecular weight is 236 g/mol. The minimum atomic E-state index is -1.02. The Bertz CT molecular complexity index is 183. The molecule has 2 nitrogen and oxygen atoms in total. The molecule has 0 aliphatic heterocycles.